The summed E-state index contributed by atoms with van der Waals surface area (Å²) in [6.07, 6.45) is 0.318. The molecule has 20 heavy (non-hydrogen) atoms. The number of likely N-dealkylation sites (tertiary alicyclic amines) is 1. The number of hydrogen-bond donors (Lipinski definition) is 0. The average Bonchev–Trinajstić information content (AvgIpc) is 2.49. The van der Waals surface area contributed by atoms with Gasteiger partial charge in [0.15, 0.2) is 0 Å². The van der Waals surface area contributed by atoms with Crippen LogP contribution in [0.4, 0.5) is 4.79 Å². The minimum atomic E-state index is -0.898. The molecule has 0 aromatic heterocycles. The van der Waals surface area contributed by atoms with E-state index in [1.165, 1.54) is 4.90 Å². The van der Waals surface area contributed by atoms with Crippen molar-refractivity contribution < 1.29 is 23.9 Å². The van der Waals surface area contributed by atoms with Crippen molar-refractivity contribution in [2.24, 2.45) is 5.92 Å². The SMILES string of the molecule is CCOC(=O)C1CN(C(=O)OC(C)(C)C)CCCC1=O. The Morgan fingerprint density at radius 2 is 2.00 bits per heavy atom. The van der Waals surface area contributed by atoms with Crippen LogP contribution >= 0.6 is 0 Å². The van der Waals surface area contributed by atoms with Gasteiger partial charge in [-0.25, -0.2) is 4.79 Å². The van der Waals surface area contributed by atoms with Gasteiger partial charge < -0.3 is 14.4 Å². The molecular formula is C14H23NO5. The van der Waals surface area contributed by atoms with Gasteiger partial charge in [-0.2, -0.15) is 0 Å². The lowest BCUT2D eigenvalue weighted by Crippen LogP contribution is -2.42. The van der Waals surface area contributed by atoms with Crippen LogP contribution in [0.5, 0.6) is 0 Å². The first-order valence-corrected chi connectivity index (χ1v) is 6.92. The molecule has 1 saturated heterocycles. The average molecular weight is 285 g/mol. The number of amides is 1. The van der Waals surface area contributed by atoms with Crippen LogP contribution in [0.15, 0.2) is 0 Å². The minimum absolute atomic E-state index is 0.0343. The third kappa shape index (κ3) is 4.83. The van der Waals surface area contributed by atoms with Crippen LogP contribution in [0, 0.1) is 5.92 Å². The normalized spacial score (nSPS) is 20.3. The lowest BCUT2D eigenvalue weighted by molar-refractivity contribution is -0.151. The largest absolute Gasteiger partial charge is 0.465 e. The van der Waals surface area contributed by atoms with E-state index < -0.39 is 23.6 Å². The van der Waals surface area contributed by atoms with Gasteiger partial charge in [-0.3, -0.25) is 9.59 Å². The standard InChI is InChI=1S/C14H23NO5/c1-5-19-12(17)10-9-15(8-6-7-11(10)16)13(18)20-14(2,3)4/h10H,5-9H2,1-4H3. The second kappa shape index (κ2) is 6.72. The van der Waals surface area contributed by atoms with Crippen molar-refractivity contribution in [1.82, 2.24) is 4.90 Å². The monoisotopic (exact) mass is 285 g/mol. The molecule has 1 aliphatic heterocycles. The molecule has 0 radical (unpaired) electrons. The number of carbonyl (C=O) groups excluding carboxylic acids is 3. The molecule has 1 rings (SSSR count). The van der Waals surface area contributed by atoms with Gasteiger partial charge in [-0.1, -0.05) is 0 Å². The minimum Gasteiger partial charge on any atom is -0.465 e. The number of nitrogens with zero attached hydrogens (tertiary/aromatic N) is 1. The highest BCUT2D eigenvalue weighted by molar-refractivity contribution is 5.99. The molecule has 1 unspecified atom stereocenters. The lowest BCUT2D eigenvalue weighted by Gasteiger charge is -2.27. The zero-order valence-electron chi connectivity index (χ0n) is 12.6. The zero-order chi connectivity index (χ0) is 15.3. The van der Waals surface area contributed by atoms with Gasteiger partial charge in [0.05, 0.1) is 6.61 Å². The summed E-state index contributed by atoms with van der Waals surface area (Å²) in [5, 5.41) is 0. The number of ketones is 1. The van der Waals surface area contributed by atoms with Crippen molar-refractivity contribution in [2.45, 2.75) is 46.1 Å². The van der Waals surface area contributed by atoms with Crippen LogP contribution in [0.1, 0.15) is 40.5 Å². The Morgan fingerprint density at radius 1 is 1.35 bits per heavy atom. The molecule has 0 aromatic carbocycles. The van der Waals surface area contributed by atoms with Crippen molar-refractivity contribution in [1.29, 1.82) is 0 Å². The Bertz CT molecular complexity index is 386. The van der Waals surface area contributed by atoms with E-state index >= 15 is 0 Å². The molecule has 6 nitrogen and oxygen atoms in total. The van der Waals surface area contributed by atoms with Crippen LogP contribution in [-0.2, 0) is 19.1 Å². The summed E-state index contributed by atoms with van der Waals surface area (Å²) in [6.45, 7) is 7.67. The third-order valence-corrected chi connectivity index (χ3v) is 2.87. The Kier molecular flexibility index (Phi) is 5.53. The van der Waals surface area contributed by atoms with Gasteiger partial charge in [0.25, 0.3) is 0 Å². The fourth-order valence-corrected chi connectivity index (χ4v) is 1.97. The van der Waals surface area contributed by atoms with Crippen LogP contribution in [0.3, 0.4) is 0 Å². The van der Waals surface area contributed by atoms with Gasteiger partial charge in [-0.15, -0.1) is 0 Å². The van der Waals surface area contributed by atoms with Gasteiger partial charge in [0, 0.05) is 19.5 Å². The highest BCUT2D eigenvalue weighted by Crippen LogP contribution is 2.18. The number of rotatable bonds is 2. The Labute approximate surface area is 119 Å². The molecule has 0 aromatic rings. The number of ether oxygens (including phenoxy) is 2. The Hall–Kier alpha value is -1.59. The summed E-state index contributed by atoms with van der Waals surface area (Å²) in [7, 11) is 0. The number of carbonyl (C=O) groups is 3. The van der Waals surface area contributed by atoms with E-state index in [2.05, 4.69) is 0 Å². The highest BCUT2D eigenvalue weighted by Gasteiger charge is 2.35. The van der Waals surface area contributed by atoms with E-state index in [0.717, 1.165) is 0 Å². The van der Waals surface area contributed by atoms with Gasteiger partial charge in [0.1, 0.15) is 17.3 Å². The van der Waals surface area contributed by atoms with Gasteiger partial charge in [-0.05, 0) is 34.1 Å². The quantitative estimate of drug-likeness (QED) is 0.571. The van der Waals surface area contributed by atoms with Crippen LogP contribution < -0.4 is 0 Å². The van der Waals surface area contributed by atoms with Crippen molar-refractivity contribution in [3.05, 3.63) is 0 Å². The molecule has 0 spiro atoms. The van der Waals surface area contributed by atoms with Gasteiger partial charge >= 0.3 is 12.1 Å². The highest BCUT2D eigenvalue weighted by atomic mass is 16.6. The first-order valence-electron chi connectivity index (χ1n) is 6.92. The summed E-state index contributed by atoms with van der Waals surface area (Å²) in [4.78, 5) is 37.2. The second-order valence-corrected chi connectivity index (χ2v) is 5.80. The van der Waals surface area contributed by atoms with E-state index in [4.69, 9.17) is 9.47 Å². The third-order valence-electron chi connectivity index (χ3n) is 2.87. The van der Waals surface area contributed by atoms with Crippen LogP contribution in [0.25, 0.3) is 0 Å². The molecule has 114 valence electrons. The first-order chi connectivity index (χ1) is 9.24. The maximum Gasteiger partial charge on any atom is 0.410 e. The molecule has 1 amide bonds. The molecule has 0 bridgehead atoms. The summed E-state index contributed by atoms with van der Waals surface area (Å²) < 4.78 is 10.2. The fraction of sp³-hybridized carbons (Fsp3) is 0.786. The van der Waals surface area contributed by atoms with E-state index in [1.54, 1.807) is 27.7 Å². The van der Waals surface area contributed by atoms with Crippen molar-refractivity contribution in [3.63, 3.8) is 0 Å². The number of Topliss-reactive ketones (excluding diaryl/α,β-unsaturated/α-hetero) is 1. The van der Waals surface area contributed by atoms with Crippen molar-refractivity contribution >= 4 is 17.8 Å². The van der Waals surface area contributed by atoms with Crippen molar-refractivity contribution in [2.75, 3.05) is 19.7 Å². The maximum atomic E-state index is 12.0. The zero-order valence-corrected chi connectivity index (χ0v) is 12.6. The molecule has 6 heteroatoms. The molecule has 1 aliphatic rings. The smallest absolute Gasteiger partial charge is 0.410 e. The maximum absolute atomic E-state index is 12.0. The van der Waals surface area contributed by atoms with Crippen LogP contribution in [-0.4, -0.2) is 48.0 Å². The van der Waals surface area contributed by atoms with E-state index in [0.29, 0.717) is 13.0 Å². The summed E-state index contributed by atoms with van der Waals surface area (Å²) in [5.41, 5.74) is -0.604. The predicted molar refractivity (Wildman–Crippen MR) is 72.2 cm³/mol. The Morgan fingerprint density at radius 3 is 2.55 bits per heavy atom. The summed E-state index contributed by atoms with van der Waals surface area (Å²) >= 11 is 0. The molecule has 1 fully saturated rings. The number of esters is 1. The first kappa shape index (κ1) is 16.5. The topological polar surface area (TPSA) is 72.9 Å². The van der Waals surface area contributed by atoms with Crippen molar-refractivity contribution in [3.8, 4) is 0 Å². The summed E-state index contributed by atoms with van der Waals surface area (Å²) in [6, 6.07) is 0. The number of hydrogen-bond acceptors (Lipinski definition) is 5. The molecule has 0 aliphatic carbocycles. The second-order valence-electron chi connectivity index (χ2n) is 5.80. The molecule has 0 saturated carbocycles. The molecular weight excluding hydrogens is 262 g/mol. The van der Waals surface area contributed by atoms with Crippen LogP contribution in [0.2, 0.25) is 0 Å². The molecule has 1 heterocycles. The Balaban J connectivity index is 2.76. The van der Waals surface area contributed by atoms with Gasteiger partial charge in [0.2, 0.25) is 0 Å². The van der Waals surface area contributed by atoms with E-state index in [9.17, 15) is 14.4 Å². The summed E-state index contributed by atoms with van der Waals surface area (Å²) in [5.74, 6) is -1.63. The predicted octanol–water partition coefficient (Wildman–Crippen LogP) is 1.77. The lowest BCUT2D eigenvalue weighted by atomic mass is 10.0. The van der Waals surface area contributed by atoms with E-state index in [1.807, 2.05) is 0 Å². The fourth-order valence-electron chi connectivity index (χ4n) is 1.97. The molecule has 0 N–H and O–H groups in total. The molecule has 1 atom stereocenters. The van der Waals surface area contributed by atoms with E-state index in [-0.39, 0.29) is 25.4 Å².